The zero-order valence-electron chi connectivity index (χ0n) is 5.26. The fourth-order valence-corrected chi connectivity index (χ4v) is 0.858. The van der Waals surface area contributed by atoms with Crippen molar-refractivity contribution in [2.24, 2.45) is 11.7 Å². The summed E-state index contributed by atoms with van der Waals surface area (Å²) in [7, 11) is 0. The van der Waals surface area contributed by atoms with Crippen molar-refractivity contribution in [3.05, 3.63) is 0 Å². The molecule has 1 nitrogen and oxygen atoms in total. The van der Waals surface area contributed by atoms with Gasteiger partial charge in [-0.1, -0.05) is 6.92 Å². The monoisotopic (exact) mass is 135 g/mol. The minimum atomic E-state index is 0. The summed E-state index contributed by atoms with van der Waals surface area (Å²) >= 11 is 0. The molecule has 1 aliphatic rings. The number of nitrogens with two attached hydrogens (primary N) is 1. The molecule has 0 bridgehead atoms. The van der Waals surface area contributed by atoms with Crippen molar-refractivity contribution in [3.63, 3.8) is 0 Å². The molecular formula is C6H14ClN. The summed E-state index contributed by atoms with van der Waals surface area (Å²) < 4.78 is 0. The van der Waals surface area contributed by atoms with E-state index in [4.69, 9.17) is 5.73 Å². The second-order valence-corrected chi connectivity index (χ2v) is 2.41. The molecule has 8 heavy (non-hydrogen) atoms. The maximum atomic E-state index is 5.68. The first-order chi connectivity index (χ1) is 3.34. The highest BCUT2D eigenvalue weighted by Gasteiger charge is 2.26. The molecule has 0 heterocycles. The molecule has 0 aliphatic heterocycles. The Balaban J connectivity index is 0.000000490. The first kappa shape index (κ1) is 8.25. The summed E-state index contributed by atoms with van der Waals surface area (Å²) in [6, 6.07) is 0.514. The van der Waals surface area contributed by atoms with E-state index in [1.54, 1.807) is 0 Å². The van der Waals surface area contributed by atoms with Crippen LogP contribution in [0.1, 0.15) is 26.2 Å². The molecule has 0 aromatic rings. The first-order valence-electron chi connectivity index (χ1n) is 3.10. The van der Waals surface area contributed by atoms with Crippen molar-refractivity contribution in [1.29, 1.82) is 0 Å². The SMILES string of the molecule is CCC(N)C1CC1.Cl. The Morgan fingerprint density at radius 2 is 2.12 bits per heavy atom. The molecule has 2 N–H and O–H groups in total. The summed E-state index contributed by atoms with van der Waals surface area (Å²) in [4.78, 5) is 0. The third-order valence-corrected chi connectivity index (χ3v) is 1.70. The van der Waals surface area contributed by atoms with Crippen LogP contribution in [0.3, 0.4) is 0 Å². The Morgan fingerprint density at radius 3 is 2.25 bits per heavy atom. The van der Waals surface area contributed by atoms with Gasteiger partial charge < -0.3 is 5.73 Å². The number of hydrogen-bond acceptors (Lipinski definition) is 1. The molecular weight excluding hydrogens is 122 g/mol. The van der Waals surface area contributed by atoms with Crippen LogP contribution in [0, 0.1) is 5.92 Å². The molecule has 0 amide bonds. The summed E-state index contributed by atoms with van der Waals surface area (Å²) in [5.41, 5.74) is 5.68. The topological polar surface area (TPSA) is 26.0 Å². The van der Waals surface area contributed by atoms with E-state index in [2.05, 4.69) is 6.92 Å². The third-order valence-electron chi connectivity index (χ3n) is 1.70. The molecule has 1 saturated carbocycles. The number of hydrogen-bond donors (Lipinski definition) is 1. The Hall–Kier alpha value is 0.250. The van der Waals surface area contributed by atoms with Crippen LogP contribution in [-0.2, 0) is 0 Å². The molecule has 1 atom stereocenters. The second kappa shape index (κ2) is 3.31. The lowest BCUT2D eigenvalue weighted by Crippen LogP contribution is -2.20. The molecule has 50 valence electrons. The third kappa shape index (κ3) is 2.01. The largest absolute Gasteiger partial charge is 0.327 e. The number of halogens is 1. The summed E-state index contributed by atoms with van der Waals surface area (Å²) in [6.45, 7) is 2.16. The smallest absolute Gasteiger partial charge is 0.00645 e. The van der Waals surface area contributed by atoms with Gasteiger partial charge in [-0.2, -0.15) is 0 Å². The minimum absolute atomic E-state index is 0. The maximum absolute atomic E-state index is 5.68. The fourth-order valence-electron chi connectivity index (χ4n) is 0.858. The van der Waals surface area contributed by atoms with Crippen LogP contribution < -0.4 is 5.73 Å². The van der Waals surface area contributed by atoms with Crippen LogP contribution >= 0.6 is 12.4 Å². The van der Waals surface area contributed by atoms with Gasteiger partial charge in [0.2, 0.25) is 0 Å². The predicted molar refractivity (Wildman–Crippen MR) is 38.2 cm³/mol. The van der Waals surface area contributed by atoms with Gasteiger partial charge in [-0.25, -0.2) is 0 Å². The number of rotatable bonds is 2. The molecule has 0 radical (unpaired) electrons. The van der Waals surface area contributed by atoms with Gasteiger partial charge in [0.25, 0.3) is 0 Å². The fraction of sp³-hybridized carbons (Fsp3) is 1.00. The lowest BCUT2D eigenvalue weighted by Gasteiger charge is -2.02. The van der Waals surface area contributed by atoms with Crippen molar-refractivity contribution >= 4 is 12.4 Å². The van der Waals surface area contributed by atoms with E-state index in [-0.39, 0.29) is 12.4 Å². The van der Waals surface area contributed by atoms with Crippen LogP contribution in [0.5, 0.6) is 0 Å². The highest BCUT2D eigenvalue weighted by Crippen LogP contribution is 2.32. The molecule has 2 heteroatoms. The zero-order valence-corrected chi connectivity index (χ0v) is 6.08. The summed E-state index contributed by atoms with van der Waals surface area (Å²) in [6.07, 6.45) is 3.93. The van der Waals surface area contributed by atoms with E-state index in [1.807, 2.05) is 0 Å². The van der Waals surface area contributed by atoms with E-state index < -0.39 is 0 Å². The normalized spacial score (nSPS) is 21.8. The van der Waals surface area contributed by atoms with Gasteiger partial charge in [0.1, 0.15) is 0 Å². The van der Waals surface area contributed by atoms with Crippen molar-refractivity contribution in [3.8, 4) is 0 Å². The minimum Gasteiger partial charge on any atom is -0.327 e. The molecule has 1 fully saturated rings. The van der Waals surface area contributed by atoms with Crippen LogP contribution in [0.15, 0.2) is 0 Å². The van der Waals surface area contributed by atoms with Crippen LogP contribution in [0.4, 0.5) is 0 Å². The van der Waals surface area contributed by atoms with Gasteiger partial charge in [-0.15, -0.1) is 12.4 Å². The molecule has 1 rings (SSSR count). The lowest BCUT2D eigenvalue weighted by molar-refractivity contribution is 0.577. The van der Waals surface area contributed by atoms with Crippen molar-refractivity contribution in [2.45, 2.75) is 32.2 Å². The van der Waals surface area contributed by atoms with Crippen molar-refractivity contribution in [2.75, 3.05) is 0 Å². The molecule has 0 aromatic heterocycles. The van der Waals surface area contributed by atoms with Gasteiger partial charge >= 0.3 is 0 Å². The Labute approximate surface area is 57.1 Å². The van der Waals surface area contributed by atoms with Crippen molar-refractivity contribution < 1.29 is 0 Å². The lowest BCUT2D eigenvalue weighted by atomic mass is 10.1. The highest BCUT2D eigenvalue weighted by molar-refractivity contribution is 5.85. The Morgan fingerprint density at radius 1 is 1.62 bits per heavy atom. The van der Waals surface area contributed by atoms with Crippen molar-refractivity contribution in [1.82, 2.24) is 0 Å². The average molecular weight is 136 g/mol. The van der Waals surface area contributed by atoms with Crippen LogP contribution in [0.2, 0.25) is 0 Å². The molecule has 0 saturated heterocycles. The standard InChI is InChI=1S/C6H13N.ClH/c1-2-6(7)5-3-4-5;/h5-6H,2-4,7H2,1H3;1H. The second-order valence-electron chi connectivity index (χ2n) is 2.41. The Kier molecular flexibility index (Phi) is 3.41. The summed E-state index contributed by atoms with van der Waals surface area (Å²) in [5, 5.41) is 0. The van der Waals surface area contributed by atoms with E-state index in [0.29, 0.717) is 6.04 Å². The summed E-state index contributed by atoms with van der Waals surface area (Å²) in [5.74, 6) is 0.894. The predicted octanol–water partition coefficient (Wildman–Crippen LogP) is 1.56. The quantitative estimate of drug-likeness (QED) is 0.611. The molecule has 0 spiro atoms. The average Bonchev–Trinajstić information content (AvgIpc) is 2.44. The van der Waals surface area contributed by atoms with E-state index in [1.165, 1.54) is 12.8 Å². The molecule has 0 aromatic carbocycles. The first-order valence-corrected chi connectivity index (χ1v) is 3.10. The maximum Gasteiger partial charge on any atom is 0.00645 e. The van der Waals surface area contributed by atoms with Gasteiger partial charge in [0.05, 0.1) is 0 Å². The Bertz CT molecular complexity index is 61.5. The van der Waals surface area contributed by atoms with E-state index >= 15 is 0 Å². The van der Waals surface area contributed by atoms with Gasteiger partial charge in [0, 0.05) is 6.04 Å². The zero-order chi connectivity index (χ0) is 5.28. The molecule has 1 aliphatic carbocycles. The van der Waals surface area contributed by atoms with E-state index in [9.17, 15) is 0 Å². The van der Waals surface area contributed by atoms with Crippen LogP contribution in [-0.4, -0.2) is 6.04 Å². The van der Waals surface area contributed by atoms with E-state index in [0.717, 1.165) is 12.3 Å². The molecule has 1 unspecified atom stereocenters. The highest BCUT2D eigenvalue weighted by atomic mass is 35.5. The van der Waals surface area contributed by atoms with Gasteiger partial charge in [0.15, 0.2) is 0 Å². The van der Waals surface area contributed by atoms with Crippen LogP contribution in [0.25, 0.3) is 0 Å². The van der Waals surface area contributed by atoms with Gasteiger partial charge in [-0.05, 0) is 25.2 Å². The van der Waals surface area contributed by atoms with Gasteiger partial charge in [-0.3, -0.25) is 0 Å².